The van der Waals surface area contributed by atoms with Crippen LogP contribution in [0.2, 0.25) is 0 Å². The lowest BCUT2D eigenvalue weighted by Crippen LogP contribution is -2.06. The smallest absolute Gasteiger partial charge is 0.215 e. The predicted octanol–water partition coefficient (Wildman–Crippen LogP) is 2.98. The summed E-state index contributed by atoms with van der Waals surface area (Å²) in [6.45, 7) is 1.32. The highest BCUT2D eigenvalue weighted by molar-refractivity contribution is 9.10. The fraction of sp³-hybridized carbons (Fsp3) is 0.267. The van der Waals surface area contributed by atoms with Crippen molar-refractivity contribution in [2.24, 2.45) is 0 Å². The molecule has 0 aliphatic carbocycles. The summed E-state index contributed by atoms with van der Waals surface area (Å²) < 4.78 is 11.9. The third-order valence-electron chi connectivity index (χ3n) is 3.38. The Labute approximate surface area is 131 Å². The van der Waals surface area contributed by atoms with Crippen LogP contribution in [0.5, 0.6) is 11.6 Å². The van der Waals surface area contributed by atoms with Gasteiger partial charge >= 0.3 is 0 Å². The van der Waals surface area contributed by atoms with Crippen LogP contribution in [0.25, 0.3) is 0 Å². The monoisotopic (exact) mass is 349 g/mol. The van der Waals surface area contributed by atoms with Crippen LogP contribution < -0.4 is 20.5 Å². The zero-order valence-corrected chi connectivity index (χ0v) is 13.2. The van der Waals surface area contributed by atoms with Gasteiger partial charge in [0.25, 0.3) is 0 Å². The van der Waals surface area contributed by atoms with Crippen molar-refractivity contribution in [1.82, 2.24) is 4.98 Å². The van der Waals surface area contributed by atoms with Crippen LogP contribution in [-0.2, 0) is 13.0 Å². The van der Waals surface area contributed by atoms with E-state index < -0.39 is 0 Å². The van der Waals surface area contributed by atoms with Gasteiger partial charge in [-0.1, -0.05) is 15.9 Å². The average molecular weight is 350 g/mol. The predicted molar refractivity (Wildman–Crippen MR) is 85.9 cm³/mol. The summed E-state index contributed by atoms with van der Waals surface area (Å²) in [4.78, 5) is 4.31. The molecule has 0 unspecified atom stereocenters. The van der Waals surface area contributed by atoms with Gasteiger partial charge in [0, 0.05) is 29.1 Å². The highest BCUT2D eigenvalue weighted by Crippen LogP contribution is 2.33. The van der Waals surface area contributed by atoms with Gasteiger partial charge in [-0.25, -0.2) is 0 Å². The number of hydrogen-bond donors (Lipinski definition) is 2. The SMILES string of the molecule is COc1ccc(N)c(NCc2cc(Br)cc3c2OCC3)n1. The van der Waals surface area contributed by atoms with Gasteiger partial charge in [0.15, 0.2) is 5.82 Å². The second-order valence-electron chi connectivity index (χ2n) is 4.80. The summed E-state index contributed by atoms with van der Waals surface area (Å²) in [5.74, 6) is 2.11. The summed E-state index contributed by atoms with van der Waals surface area (Å²) in [5.41, 5.74) is 8.83. The molecule has 0 saturated heterocycles. The van der Waals surface area contributed by atoms with Crippen LogP contribution in [0.3, 0.4) is 0 Å². The molecule has 1 aliphatic rings. The minimum atomic E-state index is 0.530. The summed E-state index contributed by atoms with van der Waals surface area (Å²) in [5, 5.41) is 3.24. The maximum atomic E-state index is 5.93. The molecule has 5 nitrogen and oxygen atoms in total. The van der Waals surface area contributed by atoms with E-state index in [4.69, 9.17) is 15.2 Å². The largest absolute Gasteiger partial charge is 0.493 e. The molecule has 0 saturated carbocycles. The van der Waals surface area contributed by atoms with E-state index in [1.54, 1.807) is 19.2 Å². The van der Waals surface area contributed by atoms with Crippen LogP contribution >= 0.6 is 15.9 Å². The molecular formula is C15H16BrN3O2. The van der Waals surface area contributed by atoms with Crippen molar-refractivity contribution in [2.75, 3.05) is 24.8 Å². The minimum Gasteiger partial charge on any atom is -0.493 e. The number of nitrogen functional groups attached to an aromatic ring is 1. The number of anilines is 2. The molecule has 0 amide bonds. The van der Waals surface area contributed by atoms with Crippen LogP contribution in [0.1, 0.15) is 11.1 Å². The van der Waals surface area contributed by atoms with Crippen molar-refractivity contribution in [3.63, 3.8) is 0 Å². The van der Waals surface area contributed by atoms with Crippen molar-refractivity contribution in [1.29, 1.82) is 0 Å². The summed E-state index contributed by atoms with van der Waals surface area (Å²) >= 11 is 3.54. The van der Waals surface area contributed by atoms with Gasteiger partial charge in [0.2, 0.25) is 5.88 Å². The van der Waals surface area contributed by atoms with E-state index in [1.165, 1.54) is 5.56 Å². The molecule has 3 rings (SSSR count). The highest BCUT2D eigenvalue weighted by atomic mass is 79.9. The van der Waals surface area contributed by atoms with Crippen molar-refractivity contribution >= 4 is 27.4 Å². The van der Waals surface area contributed by atoms with E-state index in [1.807, 2.05) is 6.07 Å². The number of rotatable bonds is 4. The summed E-state index contributed by atoms with van der Waals surface area (Å²) in [6.07, 6.45) is 0.946. The number of pyridine rings is 1. The first-order chi connectivity index (χ1) is 10.2. The number of ether oxygens (including phenoxy) is 2. The van der Waals surface area contributed by atoms with Crippen molar-refractivity contribution in [3.8, 4) is 11.6 Å². The Kier molecular flexibility index (Phi) is 3.88. The van der Waals surface area contributed by atoms with Gasteiger partial charge in [-0.15, -0.1) is 0 Å². The first kappa shape index (κ1) is 14.0. The normalized spacial score (nSPS) is 12.7. The topological polar surface area (TPSA) is 69.4 Å². The Bertz CT molecular complexity index is 676. The van der Waals surface area contributed by atoms with Crippen LogP contribution in [0.4, 0.5) is 11.5 Å². The first-order valence-electron chi connectivity index (χ1n) is 6.66. The maximum Gasteiger partial charge on any atom is 0.215 e. The summed E-state index contributed by atoms with van der Waals surface area (Å²) in [7, 11) is 1.58. The zero-order valence-electron chi connectivity index (χ0n) is 11.6. The Morgan fingerprint density at radius 1 is 1.43 bits per heavy atom. The molecule has 110 valence electrons. The number of nitrogens with one attached hydrogen (secondary N) is 1. The summed E-state index contributed by atoms with van der Waals surface area (Å²) in [6, 6.07) is 7.66. The highest BCUT2D eigenvalue weighted by Gasteiger charge is 2.17. The molecular weight excluding hydrogens is 334 g/mol. The molecule has 1 aromatic heterocycles. The maximum absolute atomic E-state index is 5.93. The lowest BCUT2D eigenvalue weighted by Gasteiger charge is -2.12. The lowest BCUT2D eigenvalue weighted by molar-refractivity contribution is 0.354. The quantitative estimate of drug-likeness (QED) is 0.887. The molecule has 1 aromatic carbocycles. The fourth-order valence-electron chi connectivity index (χ4n) is 2.36. The van der Waals surface area contributed by atoms with Crippen LogP contribution in [0, 0.1) is 0 Å². The molecule has 0 fully saturated rings. The minimum absolute atomic E-state index is 0.530. The van der Waals surface area contributed by atoms with Crippen molar-refractivity contribution in [2.45, 2.75) is 13.0 Å². The average Bonchev–Trinajstić information content (AvgIpc) is 2.94. The molecule has 0 radical (unpaired) electrons. The second kappa shape index (κ2) is 5.81. The fourth-order valence-corrected chi connectivity index (χ4v) is 2.92. The molecule has 3 N–H and O–H groups in total. The third kappa shape index (κ3) is 2.90. The molecule has 21 heavy (non-hydrogen) atoms. The molecule has 2 heterocycles. The number of methoxy groups -OCH3 is 1. The van der Waals surface area contributed by atoms with Crippen molar-refractivity contribution < 1.29 is 9.47 Å². The molecule has 2 aromatic rings. The van der Waals surface area contributed by atoms with E-state index in [9.17, 15) is 0 Å². The third-order valence-corrected chi connectivity index (χ3v) is 3.84. The number of fused-ring (bicyclic) bond motifs is 1. The van der Waals surface area contributed by atoms with E-state index in [0.717, 1.165) is 28.8 Å². The Morgan fingerprint density at radius 3 is 3.10 bits per heavy atom. The number of benzene rings is 1. The van der Waals surface area contributed by atoms with Crippen LogP contribution in [-0.4, -0.2) is 18.7 Å². The molecule has 1 aliphatic heterocycles. The van der Waals surface area contributed by atoms with E-state index in [2.05, 4.69) is 32.3 Å². The Morgan fingerprint density at radius 2 is 2.29 bits per heavy atom. The number of halogens is 1. The standard InChI is InChI=1S/C15H16BrN3O2/c1-20-13-3-2-12(17)15(19-13)18-8-10-7-11(16)6-9-4-5-21-14(9)10/h2-3,6-7H,4-5,8,17H2,1H3,(H,18,19). The van der Waals surface area contributed by atoms with Gasteiger partial charge in [-0.05, 0) is 23.8 Å². The lowest BCUT2D eigenvalue weighted by atomic mass is 10.1. The Hall–Kier alpha value is -1.95. The number of nitrogens with two attached hydrogens (primary N) is 1. The zero-order chi connectivity index (χ0) is 14.8. The Balaban J connectivity index is 1.82. The number of hydrogen-bond acceptors (Lipinski definition) is 5. The molecule has 6 heteroatoms. The number of nitrogens with zero attached hydrogens (tertiary/aromatic N) is 1. The van der Waals surface area contributed by atoms with Gasteiger partial charge in [-0.3, -0.25) is 0 Å². The van der Waals surface area contributed by atoms with E-state index in [0.29, 0.717) is 23.9 Å². The first-order valence-corrected chi connectivity index (χ1v) is 7.45. The number of aromatic nitrogens is 1. The second-order valence-corrected chi connectivity index (χ2v) is 5.71. The molecule has 0 bridgehead atoms. The van der Waals surface area contributed by atoms with Gasteiger partial charge in [0.1, 0.15) is 5.75 Å². The van der Waals surface area contributed by atoms with E-state index in [-0.39, 0.29) is 0 Å². The van der Waals surface area contributed by atoms with Crippen molar-refractivity contribution in [3.05, 3.63) is 39.9 Å². The van der Waals surface area contributed by atoms with E-state index >= 15 is 0 Å². The van der Waals surface area contributed by atoms with Gasteiger partial charge in [-0.2, -0.15) is 4.98 Å². The van der Waals surface area contributed by atoms with Crippen LogP contribution in [0.15, 0.2) is 28.7 Å². The van der Waals surface area contributed by atoms with Gasteiger partial charge < -0.3 is 20.5 Å². The molecule has 0 spiro atoms. The van der Waals surface area contributed by atoms with Gasteiger partial charge in [0.05, 0.1) is 19.4 Å². The molecule has 0 atom stereocenters.